The zero-order valence-electron chi connectivity index (χ0n) is 31.0. The number of aryl methyl sites for hydroxylation is 12. The summed E-state index contributed by atoms with van der Waals surface area (Å²) in [6.07, 6.45) is 8.42. The standard InChI is InChI=1S/4C11H13N.CH4/c2*1-8-6-10-4-5-12(3)11(10)7-9(8)2;1-8-4-5-11-10(9(8)2)6-7-12(11)3;1-8-4-5-10-6-7-12(3)11(10)9(8)2;/h4*4-7H,1-3H3;1H4. The van der Waals surface area contributed by atoms with Gasteiger partial charge < -0.3 is 18.3 Å². The van der Waals surface area contributed by atoms with Crippen LogP contribution in [0.15, 0.2) is 97.6 Å². The van der Waals surface area contributed by atoms with Gasteiger partial charge in [-0.2, -0.15) is 0 Å². The van der Waals surface area contributed by atoms with Gasteiger partial charge in [0, 0.05) is 74.9 Å². The second-order valence-electron chi connectivity index (χ2n) is 13.6. The molecule has 8 rings (SSSR count). The van der Waals surface area contributed by atoms with Crippen molar-refractivity contribution in [2.24, 2.45) is 28.2 Å². The molecule has 256 valence electrons. The minimum Gasteiger partial charge on any atom is -0.351 e. The smallest absolute Gasteiger partial charge is 0.0510 e. The Morgan fingerprint density at radius 2 is 0.755 bits per heavy atom. The Hall–Kier alpha value is -4.96. The molecule has 0 atom stereocenters. The molecule has 0 bridgehead atoms. The van der Waals surface area contributed by atoms with Gasteiger partial charge in [-0.1, -0.05) is 25.6 Å². The monoisotopic (exact) mass is 652 g/mol. The van der Waals surface area contributed by atoms with Crippen molar-refractivity contribution in [3.8, 4) is 0 Å². The third kappa shape index (κ3) is 7.70. The fourth-order valence-electron chi connectivity index (χ4n) is 6.37. The van der Waals surface area contributed by atoms with Crippen LogP contribution in [0, 0.1) is 55.4 Å². The van der Waals surface area contributed by atoms with E-state index in [-0.39, 0.29) is 7.43 Å². The van der Waals surface area contributed by atoms with E-state index in [1.165, 1.54) is 88.1 Å². The minimum atomic E-state index is 0. The quantitative estimate of drug-likeness (QED) is 0.155. The molecule has 0 aliphatic heterocycles. The van der Waals surface area contributed by atoms with Crippen LogP contribution < -0.4 is 0 Å². The van der Waals surface area contributed by atoms with Gasteiger partial charge in [-0.25, -0.2) is 0 Å². The Labute approximate surface area is 294 Å². The molecule has 4 aromatic carbocycles. The third-order valence-electron chi connectivity index (χ3n) is 10.2. The summed E-state index contributed by atoms with van der Waals surface area (Å²) in [6, 6.07) is 26.3. The summed E-state index contributed by atoms with van der Waals surface area (Å²) >= 11 is 0. The summed E-state index contributed by atoms with van der Waals surface area (Å²) in [5, 5.41) is 5.37. The van der Waals surface area contributed by atoms with Crippen LogP contribution >= 0.6 is 0 Å². The van der Waals surface area contributed by atoms with Gasteiger partial charge in [0.25, 0.3) is 0 Å². The van der Waals surface area contributed by atoms with Gasteiger partial charge in [-0.05, 0) is 171 Å². The molecule has 0 amide bonds. The zero-order valence-corrected chi connectivity index (χ0v) is 31.0. The summed E-state index contributed by atoms with van der Waals surface area (Å²) in [7, 11) is 8.33. The molecular formula is C45H56N4. The molecule has 4 heterocycles. The average Bonchev–Trinajstić information content (AvgIpc) is 3.82. The first-order chi connectivity index (χ1) is 22.8. The molecule has 0 saturated heterocycles. The molecule has 0 aliphatic carbocycles. The zero-order chi connectivity index (χ0) is 34.9. The third-order valence-corrected chi connectivity index (χ3v) is 10.2. The Bertz CT molecular complexity index is 2280. The predicted octanol–water partition coefficient (Wildman–Crippen LogP) is 11.8. The molecule has 4 nitrogen and oxygen atoms in total. The molecule has 0 radical (unpaired) electrons. The highest BCUT2D eigenvalue weighted by atomic mass is 14.9. The number of hydrogen-bond donors (Lipinski definition) is 0. The Morgan fingerprint density at radius 3 is 1.31 bits per heavy atom. The van der Waals surface area contributed by atoms with Crippen LogP contribution in [0.2, 0.25) is 0 Å². The first kappa shape index (κ1) is 36.9. The maximum atomic E-state index is 2.24. The predicted molar refractivity (Wildman–Crippen MR) is 216 cm³/mol. The van der Waals surface area contributed by atoms with Crippen LogP contribution in [0.5, 0.6) is 0 Å². The van der Waals surface area contributed by atoms with E-state index < -0.39 is 0 Å². The van der Waals surface area contributed by atoms with Gasteiger partial charge in [0.2, 0.25) is 0 Å². The average molecular weight is 653 g/mol. The molecule has 0 spiro atoms. The van der Waals surface area contributed by atoms with Gasteiger partial charge in [0.05, 0.1) is 5.52 Å². The van der Waals surface area contributed by atoms with Crippen molar-refractivity contribution < 1.29 is 0 Å². The van der Waals surface area contributed by atoms with Crippen molar-refractivity contribution >= 4 is 43.6 Å². The SMILES string of the molecule is C.Cc1cc2ccn(C)c2cc1C.Cc1cc2ccn(C)c2cc1C.Cc1ccc2c(ccn2C)c1C.Cc1ccc2ccn(C)c2c1C. The Morgan fingerprint density at radius 1 is 0.347 bits per heavy atom. The molecule has 0 N–H and O–H groups in total. The lowest BCUT2D eigenvalue weighted by Gasteiger charge is -2.03. The Kier molecular flexibility index (Phi) is 11.3. The van der Waals surface area contributed by atoms with Gasteiger partial charge >= 0.3 is 0 Å². The summed E-state index contributed by atoms with van der Waals surface area (Å²) < 4.78 is 8.64. The number of rotatable bonds is 0. The number of benzene rings is 4. The maximum absolute atomic E-state index is 2.24. The second-order valence-corrected chi connectivity index (χ2v) is 13.6. The van der Waals surface area contributed by atoms with E-state index in [0.29, 0.717) is 0 Å². The molecule has 4 aromatic heterocycles. The van der Waals surface area contributed by atoms with Gasteiger partial charge in [0.15, 0.2) is 0 Å². The van der Waals surface area contributed by atoms with Gasteiger partial charge in [-0.3, -0.25) is 0 Å². The highest BCUT2D eigenvalue weighted by Crippen LogP contribution is 2.23. The van der Waals surface area contributed by atoms with Crippen molar-refractivity contribution in [1.82, 2.24) is 18.3 Å². The summed E-state index contributed by atoms with van der Waals surface area (Å²) in [6.45, 7) is 17.3. The molecule has 4 heteroatoms. The van der Waals surface area contributed by atoms with E-state index in [2.05, 4.69) is 199 Å². The summed E-state index contributed by atoms with van der Waals surface area (Å²) in [5.41, 5.74) is 16.3. The van der Waals surface area contributed by atoms with Crippen molar-refractivity contribution in [1.29, 1.82) is 0 Å². The lowest BCUT2D eigenvalue weighted by atomic mass is 10.1. The van der Waals surface area contributed by atoms with Crippen molar-refractivity contribution in [2.45, 2.75) is 62.8 Å². The van der Waals surface area contributed by atoms with E-state index in [9.17, 15) is 0 Å². The lowest BCUT2D eigenvalue weighted by Crippen LogP contribution is -1.89. The number of fused-ring (bicyclic) bond motifs is 4. The maximum Gasteiger partial charge on any atom is 0.0510 e. The normalized spacial score (nSPS) is 10.7. The molecule has 0 aliphatic rings. The fourth-order valence-corrected chi connectivity index (χ4v) is 6.37. The van der Waals surface area contributed by atoms with E-state index >= 15 is 0 Å². The van der Waals surface area contributed by atoms with Gasteiger partial charge in [-0.15, -0.1) is 0 Å². The number of nitrogens with zero attached hydrogens (tertiary/aromatic N) is 4. The van der Waals surface area contributed by atoms with E-state index in [1.54, 1.807) is 0 Å². The summed E-state index contributed by atoms with van der Waals surface area (Å²) in [4.78, 5) is 0. The minimum absolute atomic E-state index is 0. The molecule has 0 unspecified atom stereocenters. The highest BCUT2D eigenvalue weighted by Gasteiger charge is 2.04. The molecular weight excluding hydrogens is 597 g/mol. The first-order valence-corrected chi connectivity index (χ1v) is 16.8. The van der Waals surface area contributed by atoms with Crippen molar-refractivity contribution in [2.75, 3.05) is 0 Å². The number of hydrogen-bond acceptors (Lipinski definition) is 0. The van der Waals surface area contributed by atoms with Crippen LogP contribution in [-0.2, 0) is 28.2 Å². The fraction of sp³-hybridized carbons (Fsp3) is 0.289. The van der Waals surface area contributed by atoms with Crippen LogP contribution in [0.3, 0.4) is 0 Å². The largest absolute Gasteiger partial charge is 0.351 e. The topological polar surface area (TPSA) is 19.7 Å². The van der Waals surface area contributed by atoms with E-state index in [1.807, 2.05) is 0 Å². The molecule has 49 heavy (non-hydrogen) atoms. The first-order valence-electron chi connectivity index (χ1n) is 16.8. The number of aromatic nitrogens is 4. The second kappa shape index (κ2) is 15.1. The van der Waals surface area contributed by atoms with Crippen molar-refractivity contribution in [3.63, 3.8) is 0 Å². The Balaban J connectivity index is 0.000000146. The molecule has 0 saturated carbocycles. The van der Waals surface area contributed by atoms with Gasteiger partial charge in [0.1, 0.15) is 0 Å². The van der Waals surface area contributed by atoms with Crippen LogP contribution in [-0.4, -0.2) is 18.3 Å². The molecule has 8 aromatic rings. The highest BCUT2D eigenvalue weighted by molar-refractivity contribution is 5.85. The molecule has 0 fully saturated rings. The van der Waals surface area contributed by atoms with Crippen LogP contribution in [0.25, 0.3) is 43.6 Å². The van der Waals surface area contributed by atoms with Crippen molar-refractivity contribution in [3.05, 3.63) is 142 Å². The van der Waals surface area contributed by atoms with Crippen LogP contribution in [0.4, 0.5) is 0 Å². The van der Waals surface area contributed by atoms with Crippen LogP contribution in [0.1, 0.15) is 51.9 Å². The van der Waals surface area contributed by atoms with E-state index in [0.717, 1.165) is 0 Å². The lowest BCUT2D eigenvalue weighted by molar-refractivity contribution is 0.963. The summed E-state index contributed by atoms with van der Waals surface area (Å²) in [5.74, 6) is 0. The van der Waals surface area contributed by atoms with E-state index in [4.69, 9.17) is 0 Å².